The first kappa shape index (κ1) is 12.4. The highest BCUT2D eigenvalue weighted by Gasteiger charge is 2.09. The predicted molar refractivity (Wildman–Crippen MR) is 71.3 cm³/mol. The van der Waals surface area contributed by atoms with E-state index in [1.54, 1.807) is 7.11 Å². The van der Waals surface area contributed by atoms with Gasteiger partial charge in [-0.25, -0.2) is 0 Å². The SMILES string of the molecule is COCc1cccc(NCCN2CCCC2)c1. The standard InChI is InChI=1S/C14H22N2O/c1-17-12-13-5-4-6-14(11-13)15-7-10-16-8-2-3-9-16/h4-6,11,15H,2-3,7-10,12H2,1H3. The van der Waals surface area contributed by atoms with Crippen molar-refractivity contribution in [3.63, 3.8) is 0 Å². The van der Waals surface area contributed by atoms with Crippen LogP contribution in [0.4, 0.5) is 5.69 Å². The fourth-order valence-corrected chi connectivity index (χ4v) is 2.30. The summed E-state index contributed by atoms with van der Waals surface area (Å²) in [6.07, 6.45) is 2.73. The molecule has 0 spiro atoms. The highest BCUT2D eigenvalue weighted by molar-refractivity contribution is 5.45. The molecule has 1 heterocycles. The molecule has 1 aromatic rings. The minimum atomic E-state index is 0.682. The maximum atomic E-state index is 5.13. The maximum absolute atomic E-state index is 5.13. The zero-order valence-electron chi connectivity index (χ0n) is 10.6. The first-order valence-corrected chi connectivity index (χ1v) is 6.42. The molecule has 3 nitrogen and oxygen atoms in total. The first-order chi connectivity index (χ1) is 8.38. The molecule has 0 atom stereocenters. The number of ether oxygens (including phenoxy) is 1. The van der Waals surface area contributed by atoms with Crippen LogP contribution >= 0.6 is 0 Å². The molecule has 1 saturated heterocycles. The van der Waals surface area contributed by atoms with Crippen LogP contribution in [0.1, 0.15) is 18.4 Å². The zero-order chi connectivity index (χ0) is 11.9. The molecule has 0 radical (unpaired) electrons. The molecule has 2 rings (SSSR count). The maximum Gasteiger partial charge on any atom is 0.0713 e. The summed E-state index contributed by atoms with van der Waals surface area (Å²) in [5.74, 6) is 0. The lowest BCUT2D eigenvalue weighted by Crippen LogP contribution is -2.25. The summed E-state index contributed by atoms with van der Waals surface area (Å²) < 4.78 is 5.13. The van der Waals surface area contributed by atoms with Crippen molar-refractivity contribution in [3.05, 3.63) is 29.8 Å². The van der Waals surface area contributed by atoms with Gasteiger partial charge in [0.1, 0.15) is 0 Å². The fraction of sp³-hybridized carbons (Fsp3) is 0.571. The molecular formula is C14H22N2O. The number of anilines is 1. The van der Waals surface area contributed by atoms with Crippen LogP contribution in [0.15, 0.2) is 24.3 Å². The summed E-state index contributed by atoms with van der Waals surface area (Å²) in [6, 6.07) is 8.44. The van der Waals surface area contributed by atoms with Crippen LogP contribution in [0.3, 0.4) is 0 Å². The lowest BCUT2D eigenvalue weighted by molar-refractivity contribution is 0.185. The van der Waals surface area contributed by atoms with Gasteiger partial charge in [0, 0.05) is 25.9 Å². The van der Waals surface area contributed by atoms with Crippen LogP contribution in [0, 0.1) is 0 Å². The quantitative estimate of drug-likeness (QED) is 0.817. The highest BCUT2D eigenvalue weighted by atomic mass is 16.5. The highest BCUT2D eigenvalue weighted by Crippen LogP contribution is 2.11. The molecule has 1 aromatic carbocycles. The molecule has 3 heteroatoms. The second-order valence-electron chi connectivity index (χ2n) is 4.61. The lowest BCUT2D eigenvalue weighted by atomic mass is 10.2. The molecule has 94 valence electrons. The van der Waals surface area contributed by atoms with Crippen LogP contribution in [0.5, 0.6) is 0 Å². The van der Waals surface area contributed by atoms with Crippen molar-refractivity contribution >= 4 is 5.69 Å². The summed E-state index contributed by atoms with van der Waals surface area (Å²) in [5.41, 5.74) is 2.41. The van der Waals surface area contributed by atoms with E-state index < -0.39 is 0 Å². The van der Waals surface area contributed by atoms with Gasteiger partial charge in [0.05, 0.1) is 6.61 Å². The van der Waals surface area contributed by atoms with Gasteiger partial charge < -0.3 is 15.0 Å². The molecule has 0 aliphatic carbocycles. The van der Waals surface area contributed by atoms with Crippen LogP contribution in [-0.4, -0.2) is 38.2 Å². The van der Waals surface area contributed by atoms with Crippen LogP contribution < -0.4 is 5.32 Å². The molecule has 0 unspecified atom stereocenters. The minimum absolute atomic E-state index is 0.682. The normalized spacial score (nSPS) is 16.3. The average Bonchev–Trinajstić information content (AvgIpc) is 2.83. The Labute approximate surface area is 104 Å². The van der Waals surface area contributed by atoms with Crippen LogP contribution in [0.2, 0.25) is 0 Å². The van der Waals surface area contributed by atoms with Crippen molar-refractivity contribution < 1.29 is 4.74 Å². The van der Waals surface area contributed by atoms with E-state index in [1.807, 2.05) is 0 Å². The van der Waals surface area contributed by atoms with Crippen molar-refractivity contribution in [1.29, 1.82) is 0 Å². The van der Waals surface area contributed by atoms with Crippen molar-refractivity contribution in [3.8, 4) is 0 Å². The third-order valence-corrected chi connectivity index (χ3v) is 3.19. The van der Waals surface area contributed by atoms with E-state index in [1.165, 1.54) is 37.2 Å². The number of hydrogen-bond donors (Lipinski definition) is 1. The molecule has 1 aliphatic rings. The summed E-state index contributed by atoms with van der Waals surface area (Å²) in [6.45, 7) is 5.39. The molecule has 0 amide bonds. The van der Waals surface area contributed by atoms with E-state index in [0.29, 0.717) is 6.61 Å². The Morgan fingerprint density at radius 2 is 2.12 bits per heavy atom. The number of methoxy groups -OCH3 is 1. The largest absolute Gasteiger partial charge is 0.384 e. The minimum Gasteiger partial charge on any atom is -0.384 e. The Kier molecular flexibility index (Phi) is 4.83. The first-order valence-electron chi connectivity index (χ1n) is 6.42. The van der Waals surface area contributed by atoms with Gasteiger partial charge in [0.2, 0.25) is 0 Å². The Morgan fingerprint density at radius 1 is 1.29 bits per heavy atom. The summed E-state index contributed by atoms with van der Waals surface area (Å²) in [4.78, 5) is 2.52. The van der Waals surface area contributed by atoms with E-state index in [2.05, 4.69) is 34.5 Å². The molecule has 0 aromatic heterocycles. The molecule has 1 N–H and O–H groups in total. The van der Waals surface area contributed by atoms with Gasteiger partial charge in [-0.2, -0.15) is 0 Å². The summed E-state index contributed by atoms with van der Waals surface area (Å²) >= 11 is 0. The molecule has 17 heavy (non-hydrogen) atoms. The Bertz CT molecular complexity index is 335. The number of nitrogens with one attached hydrogen (secondary N) is 1. The van der Waals surface area contributed by atoms with E-state index >= 15 is 0 Å². The van der Waals surface area contributed by atoms with Crippen molar-refractivity contribution in [1.82, 2.24) is 4.90 Å². The Hall–Kier alpha value is -1.06. The number of likely N-dealkylation sites (tertiary alicyclic amines) is 1. The number of benzene rings is 1. The van der Waals surface area contributed by atoms with Gasteiger partial charge in [-0.1, -0.05) is 12.1 Å². The van der Waals surface area contributed by atoms with Gasteiger partial charge in [-0.3, -0.25) is 0 Å². The van der Waals surface area contributed by atoms with Gasteiger partial charge in [0.15, 0.2) is 0 Å². The molecule has 1 aliphatic heterocycles. The fourth-order valence-electron chi connectivity index (χ4n) is 2.30. The van der Waals surface area contributed by atoms with E-state index in [0.717, 1.165) is 13.1 Å². The van der Waals surface area contributed by atoms with Gasteiger partial charge in [-0.15, -0.1) is 0 Å². The third kappa shape index (κ3) is 4.02. The van der Waals surface area contributed by atoms with Gasteiger partial charge >= 0.3 is 0 Å². The van der Waals surface area contributed by atoms with Crippen molar-refractivity contribution in [2.45, 2.75) is 19.4 Å². The van der Waals surface area contributed by atoms with E-state index in [9.17, 15) is 0 Å². The third-order valence-electron chi connectivity index (χ3n) is 3.19. The van der Waals surface area contributed by atoms with E-state index in [-0.39, 0.29) is 0 Å². The number of hydrogen-bond acceptors (Lipinski definition) is 3. The molecular weight excluding hydrogens is 212 g/mol. The lowest BCUT2D eigenvalue weighted by Gasteiger charge is -2.15. The monoisotopic (exact) mass is 234 g/mol. The van der Waals surface area contributed by atoms with Crippen LogP contribution in [-0.2, 0) is 11.3 Å². The zero-order valence-corrected chi connectivity index (χ0v) is 10.6. The Balaban J connectivity index is 1.75. The number of rotatable bonds is 6. The van der Waals surface area contributed by atoms with Crippen molar-refractivity contribution in [2.75, 3.05) is 38.6 Å². The topological polar surface area (TPSA) is 24.5 Å². The molecule has 0 saturated carbocycles. The van der Waals surface area contributed by atoms with Crippen LogP contribution in [0.25, 0.3) is 0 Å². The second kappa shape index (κ2) is 6.62. The van der Waals surface area contributed by atoms with Gasteiger partial charge in [0.25, 0.3) is 0 Å². The summed E-state index contributed by atoms with van der Waals surface area (Å²) in [5, 5.41) is 3.47. The van der Waals surface area contributed by atoms with E-state index in [4.69, 9.17) is 4.74 Å². The van der Waals surface area contributed by atoms with Gasteiger partial charge in [-0.05, 0) is 43.6 Å². The number of nitrogens with zero attached hydrogens (tertiary/aromatic N) is 1. The average molecular weight is 234 g/mol. The predicted octanol–water partition coefficient (Wildman–Crippen LogP) is 2.34. The summed E-state index contributed by atoms with van der Waals surface area (Å²) in [7, 11) is 1.73. The van der Waals surface area contributed by atoms with Crippen molar-refractivity contribution in [2.24, 2.45) is 0 Å². The second-order valence-corrected chi connectivity index (χ2v) is 4.61. The Morgan fingerprint density at radius 3 is 2.88 bits per heavy atom. The molecule has 1 fully saturated rings. The molecule has 0 bridgehead atoms. The smallest absolute Gasteiger partial charge is 0.0713 e.